The van der Waals surface area contributed by atoms with E-state index in [0.29, 0.717) is 12.8 Å². The Hall–Kier alpha value is -1.49. The van der Waals surface area contributed by atoms with Crippen molar-refractivity contribution in [1.82, 2.24) is 0 Å². The molecule has 1 N–H and O–H groups in total. The van der Waals surface area contributed by atoms with Gasteiger partial charge in [-0.3, -0.25) is 4.79 Å². The van der Waals surface area contributed by atoms with E-state index in [4.69, 9.17) is 0 Å². The van der Waals surface area contributed by atoms with Gasteiger partial charge in [-0.15, -0.1) is 11.8 Å². The van der Waals surface area contributed by atoms with E-state index in [9.17, 15) is 14.7 Å². The van der Waals surface area contributed by atoms with Gasteiger partial charge in [-0.1, -0.05) is 25.0 Å². The first kappa shape index (κ1) is 14.9. The van der Waals surface area contributed by atoms with Crippen molar-refractivity contribution < 1.29 is 14.7 Å². The number of amides is 1. The van der Waals surface area contributed by atoms with Crippen molar-refractivity contribution >= 4 is 29.3 Å². The van der Waals surface area contributed by atoms with Crippen LogP contribution in [-0.2, 0) is 9.59 Å². The predicted molar refractivity (Wildman–Crippen MR) is 77.3 cm³/mol. The van der Waals surface area contributed by atoms with E-state index in [1.54, 1.807) is 11.8 Å². The number of thioether (sulfide) groups is 1. The highest BCUT2D eigenvalue weighted by molar-refractivity contribution is 7.98. The molecule has 1 aliphatic rings. The van der Waals surface area contributed by atoms with Gasteiger partial charge in [-0.05, 0) is 31.2 Å². The number of nitrogens with one attached hydrogen (secondary N) is 1. The van der Waals surface area contributed by atoms with Crippen LogP contribution in [0.25, 0.3) is 0 Å². The maximum Gasteiger partial charge on any atom is 0.228 e. The van der Waals surface area contributed by atoms with Gasteiger partial charge in [0.1, 0.15) is 0 Å². The average molecular weight is 292 g/mol. The number of hydrogen-bond donors (Lipinski definition) is 1. The van der Waals surface area contributed by atoms with E-state index < -0.39 is 17.8 Å². The van der Waals surface area contributed by atoms with Crippen LogP contribution in [0.2, 0.25) is 0 Å². The van der Waals surface area contributed by atoms with Crippen molar-refractivity contribution in [3.63, 3.8) is 0 Å². The molecule has 108 valence electrons. The van der Waals surface area contributed by atoms with E-state index in [2.05, 4.69) is 5.32 Å². The summed E-state index contributed by atoms with van der Waals surface area (Å²) in [6.45, 7) is 0. The van der Waals surface area contributed by atoms with Gasteiger partial charge in [0.25, 0.3) is 0 Å². The summed E-state index contributed by atoms with van der Waals surface area (Å²) in [5.41, 5.74) is 0.743. The van der Waals surface area contributed by atoms with Crippen LogP contribution >= 0.6 is 11.8 Å². The van der Waals surface area contributed by atoms with Gasteiger partial charge in [-0.25, -0.2) is 0 Å². The lowest BCUT2D eigenvalue weighted by Gasteiger charge is -2.31. The molecule has 5 heteroatoms. The third kappa shape index (κ3) is 3.33. The molecule has 1 fully saturated rings. The summed E-state index contributed by atoms with van der Waals surface area (Å²) >= 11 is 1.55. The van der Waals surface area contributed by atoms with Crippen LogP contribution in [-0.4, -0.2) is 18.1 Å². The standard InChI is InChI=1S/C15H19NO3S/c1-20-13-9-5-4-8-12(13)16-14(17)10-6-2-3-7-11(10)15(18)19/h4-5,8-11H,2-3,6-7H2,1H3,(H,16,17)(H,18,19)/p-1/t10-,11+/m0/s1. The fourth-order valence-electron chi connectivity index (χ4n) is 2.70. The van der Waals surface area contributed by atoms with Gasteiger partial charge in [0.05, 0.1) is 5.69 Å². The molecule has 0 aromatic heterocycles. The molecule has 2 atom stereocenters. The first-order valence-corrected chi connectivity index (χ1v) is 8.00. The van der Waals surface area contributed by atoms with Crippen LogP contribution in [0.5, 0.6) is 0 Å². The molecule has 0 heterocycles. The van der Waals surface area contributed by atoms with Gasteiger partial charge < -0.3 is 15.2 Å². The van der Waals surface area contributed by atoms with E-state index in [1.165, 1.54) is 0 Å². The second-order valence-corrected chi connectivity index (χ2v) is 5.85. The van der Waals surface area contributed by atoms with Crippen LogP contribution in [0.15, 0.2) is 29.2 Å². The highest BCUT2D eigenvalue weighted by Gasteiger charge is 2.31. The van der Waals surface area contributed by atoms with Crippen LogP contribution in [0.1, 0.15) is 25.7 Å². The fraction of sp³-hybridized carbons (Fsp3) is 0.467. The number of aliphatic carboxylic acids is 1. The molecule has 0 saturated heterocycles. The largest absolute Gasteiger partial charge is 0.550 e. The van der Waals surface area contributed by atoms with Crippen molar-refractivity contribution in [3.8, 4) is 0 Å². The number of anilines is 1. The molecule has 1 aromatic rings. The topological polar surface area (TPSA) is 69.2 Å². The van der Waals surface area contributed by atoms with Gasteiger partial charge in [0.2, 0.25) is 5.91 Å². The van der Waals surface area contributed by atoms with E-state index >= 15 is 0 Å². The zero-order valence-corrected chi connectivity index (χ0v) is 12.2. The first-order chi connectivity index (χ1) is 9.63. The molecule has 1 aromatic carbocycles. The summed E-state index contributed by atoms with van der Waals surface area (Å²) in [6, 6.07) is 7.52. The molecule has 20 heavy (non-hydrogen) atoms. The lowest BCUT2D eigenvalue weighted by Crippen LogP contribution is -2.42. The molecule has 0 radical (unpaired) electrons. The zero-order chi connectivity index (χ0) is 14.5. The quantitative estimate of drug-likeness (QED) is 0.861. The van der Waals surface area contributed by atoms with Gasteiger partial charge in [0.15, 0.2) is 0 Å². The van der Waals surface area contributed by atoms with Gasteiger partial charge in [-0.2, -0.15) is 0 Å². The molecular formula is C15H18NO3S-. The van der Waals surface area contributed by atoms with Crippen molar-refractivity contribution in [2.24, 2.45) is 11.8 Å². The third-order valence-corrected chi connectivity index (χ3v) is 4.57. The minimum atomic E-state index is -1.11. The highest BCUT2D eigenvalue weighted by Crippen LogP contribution is 2.32. The summed E-state index contributed by atoms with van der Waals surface area (Å²) in [5, 5.41) is 14.0. The fourth-order valence-corrected chi connectivity index (χ4v) is 3.25. The van der Waals surface area contributed by atoms with Crippen molar-refractivity contribution in [1.29, 1.82) is 0 Å². The van der Waals surface area contributed by atoms with Gasteiger partial charge >= 0.3 is 0 Å². The smallest absolute Gasteiger partial charge is 0.228 e. The predicted octanol–water partition coefficient (Wildman–Crippen LogP) is 1.90. The highest BCUT2D eigenvalue weighted by atomic mass is 32.2. The number of rotatable bonds is 4. The molecule has 0 bridgehead atoms. The second kappa shape index (κ2) is 6.79. The second-order valence-electron chi connectivity index (χ2n) is 5.01. The lowest BCUT2D eigenvalue weighted by atomic mass is 9.78. The molecule has 1 aliphatic carbocycles. The minimum absolute atomic E-state index is 0.208. The Morgan fingerprint density at radius 1 is 1.20 bits per heavy atom. The number of carbonyl (C=O) groups is 2. The number of carbonyl (C=O) groups excluding carboxylic acids is 2. The van der Waals surface area contributed by atoms with Crippen molar-refractivity contribution in [2.75, 3.05) is 11.6 Å². The third-order valence-electron chi connectivity index (χ3n) is 3.77. The number of hydrogen-bond acceptors (Lipinski definition) is 4. The Balaban J connectivity index is 2.12. The minimum Gasteiger partial charge on any atom is -0.550 e. The molecular weight excluding hydrogens is 274 g/mol. The molecule has 0 spiro atoms. The van der Waals surface area contributed by atoms with E-state index in [-0.39, 0.29) is 5.91 Å². The summed E-state index contributed by atoms with van der Waals surface area (Å²) in [5.74, 6) is -2.46. The maximum absolute atomic E-state index is 12.3. The number of carboxylic acids is 1. The monoisotopic (exact) mass is 292 g/mol. The summed E-state index contributed by atoms with van der Waals surface area (Å²) in [6.07, 6.45) is 4.84. The number of benzene rings is 1. The SMILES string of the molecule is CSc1ccccc1NC(=O)[C@H]1CCCC[C@H]1C(=O)[O-]. The van der Waals surface area contributed by atoms with E-state index in [1.807, 2.05) is 30.5 Å². The Bertz CT molecular complexity index is 504. The maximum atomic E-state index is 12.3. The van der Waals surface area contributed by atoms with Crippen LogP contribution in [0, 0.1) is 11.8 Å². The summed E-state index contributed by atoms with van der Waals surface area (Å²) in [4.78, 5) is 24.5. The molecule has 4 nitrogen and oxygen atoms in total. The number of para-hydroxylation sites is 1. The normalized spacial score (nSPS) is 22.2. The molecule has 1 saturated carbocycles. The van der Waals surface area contributed by atoms with Crippen LogP contribution in [0.4, 0.5) is 5.69 Å². The van der Waals surface area contributed by atoms with Gasteiger partial charge in [0, 0.05) is 22.7 Å². The first-order valence-electron chi connectivity index (χ1n) is 6.78. The Labute approximate surface area is 123 Å². The van der Waals surface area contributed by atoms with Crippen LogP contribution < -0.4 is 10.4 Å². The zero-order valence-electron chi connectivity index (χ0n) is 11.4. The summed E-state index contributed by atoms with van der Waals surface area (Å²) < 4.78 is 0. The summed E-state index contributed by atoms with van der Waals surface area (Å²) in [7, 11) is 0. The molecule has 0 aliphatic heterocycles. The molecule has 0 unspecified atom stereocenters. The number of carboxylic acid groups (broad SMARTS) is 1. The average Bonchev–Trinajstić information content (AvgIpc) is 2.47. The molecule has 2 rings (SSSR count). The Kier molecular flexibility index (Phi) is 5.06. The van der Waals surface area contributed by atoms with Crippen molar-refractivity contribution in [2.45, 2.75) is 30.6 Å². The Morgan fingerprint density at radius 2 is 1.85 bits per heavy atom. The van der Waals surface area contributed by atoms with Crippen molar-refractivity contribution in [3.05, 3.63) is 24.3 Å². The van der Waals surface area contributed by atoms with E-state index in [0.717, 1.165) is 23.4 Å². The Morgan fingerprint density at radius 3 is 2.50 bits per heavy atom. The van der Waals surface area contributed by atoms with Crippen LogP contribution in [0.3, 0.4) is 0 Å². The lowest BCUT2D eigenvalue weighted by molar-refractivity contribution is -0.313. The molecule has 1 amide bonds.